The van der Waals surface area contributed by atoms with Gasteiger partial charge in [0.15, 0.2) is 0 Å². The van der Waals surface area contributed by atoms with Crippen LogP contribution in [0.25, 0.3) is 0 Å². The SMILES string of the molecule is CCCCC(CC)C[N+](C)(C)CC(=O)c1ccccc1. The van der Waals surface area contributed by atoms with E-state index in [0.717, 1.165) is 22.5 Å². The number of rotatable bonds is 9. The first-order chi connectivity index (χ1) is 9.48. The Hall–Kier alpha value is -1.15. The molecule has 0 N–H and O–H groups in total. The smallest absolute Gasteiger partial charge is 0.216 e. The van der Waals surface area contributed by atoms with Crippen LogP contribution in [0, 0.1) is 5.92 Å². The normalized spacial score (nSPS) is 13.2. The molecular weight excluding hydrogens is 246 g/mol. The van der Waals surface area contributed by atoms with E-state index in [1.54, 1.807) is 0 Å². The zero-order valence-corrected chi connectivity index (χ0v) is 13.6. The summed E-state index contributed by atoms with van der Waals surface area (Å²) in [6, 6.07) is 9.65. The number of Topliss-reactive ketones (excluding diaryl/α,β-unsaturated/α-hetero) is 1. The molecule has 0 aliphatic rings. The lowest BCUT2D eigenvalue weighted by atomic mass is 9.97. The Morgan fingerprint density at radius 1 is 1.15 bits per heavy atom. The van der Waals surface area contributed by atoms with Gasteiger partial charge in [0.1, 0.15) is 6.54 Å². The molecule has 0 fully saturated rings. The van der Waals surface area contributed by atoms with Crippen LogP contribution in [-0.4, -0.2) is 37.5 Å². The Morgan fingerprint density at radius 2 is 1.80 bits per heavy atom. The third-order valence-electron chi connectivity index (χ3n) is 3.96. The minimum atomic E-state index is 0.251. The maximum absolute atomic E-state index is 12.3. The predicted octanol–water partition coefficient (Wildman–Crippen LogP) is 4.16. The van der Waals surface area contributed by atoms with E-state index in [-0.39, 0.29) is 5.78 Å². The average molecular weight is 276 g/mol. The van der Waals surface area contributed by atoms with Crippen molar-refractivity contribution in [2.45, 2.75) is 39.5 Å². The fourth-order valence-corrected chi connectivity index (χ4v) is 2.78. The first kappa shape index (κ1) is 16.9. The highest BCUT2D eigenvalue weighted by Crippen LogP contribution is 2.17. The van der Waals surface area contributed by atoms with E-state index in [1.165, 1.54) is 25.7 Å². The largest absolute Gasteiger partial charge is 0.322 e. The first-order valence-corrected chi connectivity index (χ1v) is 7.88. The Bertz CT molecular complexity index is 397. The summed E-state index contributed by atoms with van der Waals surface area (Å²) in [6.07, 6.45) is 5.05. The van der Waals surface area contributed by atoms with Gasteiger partial charge >= 0.3 is 0 Å². The molecule has 1 rings (SSSR count). The molecule has 0 spiro atoms. The number of carbonyl (C=O) groups is 1. The van der Waals surface area contributed by atoms with E-state index in [0.29, 0.717) is 6.54 Å². The molecular formula is C18H30NO+. The molecule has 112 valence electrons. The van der Waals surface area contributed by atoms with Gasteiger partial charge in [0.2, 0.25) is 5.78 Å². The zero-order chi connectivity index (χ0) is 15.0. The molecule has 0 aliphatic heterocycles. The van der Waals surface area contributed by atoms with Crippen LogP contribution in [0.2, 0.25) is 0 Å². The fourth-order valence-electron chi connectivity index (χ4n) is 2.78. The van der Waals surface area contributed by atoms with Gasteiger partial charge in [-0.3, -0.25) is 4.79 Å². The van der Waals surface area contributed by atoms with Crippen molar-refractivity contribution in [3.05, 3.63) is 35.9 Å². The third kappa shape index (κ3) is 5.87. The second kappa shape index (κ2) is 8.21. The van der Waals surface area contributed by atoms with E-state index in [9.17, 15) is 4.79 Å². The van der Waals surface area contributed by atoms with Gasteiger partial charge < -0.3 is 4.48 Å². The number of nitrogens with zero attached hydrogens (tertiary/aromatic N) is 1. The van der Waals surface area contributed by atoms with E-state index < -0.39 is 0 Å². The number of unbranched alkanes of at least 4 members (excludes halogenated alkanes) is 1. The second-order valence-corrected chi connectivity index (χ2v) is 6.48. The maximum atomic E-state index is 12.3. The topological polar surface area (TPSA) is 17.1 Å². The summed E-state index contributed by atoms with van der Waals surface area (Å²) in [6.45, 7) is 6.19. The van der Waals surface area contributed by atoms with Crippen LogP contribution in [0.3, 0.4) is 0 Å². The van der Waals surface area contributed by atoms with Crippen LogP contribution in [-0.2, 0) is 0 Å². The first-order valence-electron chi connectivity index (χ1n) is 7.88. The van der Waals surface area contributed by atoms with E-state index in [2.05, 4.69) is 27.9 Å². The van der Waals surface area contributed by atoms with Crippen molar-refractivity contribution in [1.82, 2.24) is 0 Å². The van der Waals surface area contributed by atoms with Crippen LogP contribution in [0.5, 0.6) is 0 Å². The number of hydrogen-bond donors (Lipinski definition) is 0. The molecule has 0 bridgehead atoms. The lowest BCUT2D eigenvalue weighted by Gasteiger charge is -2.32. The number of hydrogen-bond acceptors (Lipinski definition) is 1. The standard InChI is InChI=1S/C18H30NO/c1-5-7-11-16(6-2)14-19(3,4)15-18(20)17-12-9-8-10-13-17/h8-10,12-13,16H,5-7,11,14-15H2,1-4H3/q+1. The zero-order valence-electron chi connectivity index (χ0n) is 13.6. The van der Waals surface area contributed by atoms with Crippen molar-refractivity contribution in [3.63, 3.8) is 0 Å². The minimum absolute atomic E-state index is 0.251. The Kier molecular flexibility index (Phi) is 6.94. The summed E-state index contributed by atoms with van der Waals surface area (Å²) in [7, 11) is 4.35. The van der Waals surface area contributed by atoms with Gasteiger partial charge in [0, 0.05) is 11.5 Å². The lowest BCUT2D eigenvalue weighted by molar-refractivity contribution is -0.885. The summed E-state index contributed by atoms with van der Waals surface area (Å²) in [5.74, 6) is 0.981. The van der Waals surface area contributed by atoms with Crippen LogP contribution in [0.15, 0.2) is 30.3 Å². The molecule has 0 saturated carbocycles. The number of quaternary nitrogens is 1. The highest BCUT2D eigenvalue weighted by atomic mass is 16.1. The van der Waals surface area contributed by atoms with Gasteiger partial charge in [-0.15, -0.1) is 0 Å². The molecule has 20 heavy (non-hydrogen) atoms. The second-order valence-electron chi connectivity index (χ2n) is 6.48. The molecule has 0 aliphatic carbocycles. The highest BCUT2D eigenvalue weighted by molar-refractivity contribution is 5.96. The van der Waals surface area contributed by atoms with E-state index in [1.807, 2.05) is 30.3 Å². The molecule has 1 aromatic carbocycles. The molecule has 1 unspecified atom stereocenters. The number of benzene rings is 1. The number of likely N-dealkylation sites (N-methyl/N-ethyl adjacent to an activating group) is 1. The third-order valence-corrected chi connectivity index (χ3v) is 3.96. The quantitative estimate of drug-likeness (QED) is 0.489. The van der Waals surface area contributed by atoms with E-state index >= 15 is 0 Å². The number of carbonyl (C=O) groups excluding carboxylic acids is 1. The number of ketones is 1. The Morgan fingerprint density at radius 3 is 2.35 bits per heavy atom. The van der Waals surface area contributed by atoms with Crippen molar-refractivity contribution < 1.29 is 9.28 Å². The van der Waals surface area contributed by atoms with Gasteiger partial charge in [-0.25, -0.2) is 0 Å². The molecule has 0 aromatic heterocycles. The summed E-state index contributed by atoms with van der Waals surface area (Å²) in [4.78, 5) is 12.3. The molecule has 1 atom stereocenters. The van der Waals surface area contributed by atoms with Gasteiger partial charge in [-0.05, 0) is 12.8 Å². The Balaban J connectivity index is 2.57. The molecule has 2 nitrogen and oxygen atoms in total. The monoisotopic (exact) mass is 276 g/mol. The van der Waals surface area contributed by atoms with Crippen LogP contribution in [0.4, 0.5) is 0 Å². The molecule has 2 heteroatoms. The summed E-state index contributed by atoms with van der Waals surface area (Å²) in [5, 5.41) is 0. The van der Waals surface area contributed by atoms with E-state index in [4.69, 9.17) is 0 Å². The van der Waals surface area contributed by atoms with Crippen molar-refractivity contribution in [1.29, 1.82) is 0 Å². The molecule has 0 amide bonds. The summed E-state index contributed by atoms with van der Waals surface area (Å²) < 4.78 is 0.788. The minimum Gasteiger partial charge on any atom is -0.322 e. The highest BCUT2D eigenvalue weighted by Gasteiger charge is 2.24. The maximum Gasteiger partial charge on any atom is 0.216 e. The van der Waals surface area contributed by atoms with Gasteiger partial charge in [-0.1, -0.05) is 57.0 Å². The molecule has 0 radical (unpaired) electrons. The summed E-state index contributed by atoms with van der Waals surface area (Å²) in [5.41, 5.74) is 0.834. The van der Waals surface area contributed by atoms with Crippen molar-refractivity contribution in [2.24, 2.45) is 5.92 Å². The van der Waals surface area contributed by atoms with Gasteiger partial charge in [0.05, 0.1) is 20.6 Å². The summed E-state index contributed by atoms with van der Waals surface area (Å²) >= 11 is 0. The van der Waals surface area contributed by atoms with Crippen molar-refractivity contribution in [3.8, 4) is 0 Å². The predicted molar refractivity (Wildman–Crippen MR) is 85.9 cm³/mol. The van der Waals surface area contributed by atoms with Crippen LogP contribution >= 0.6 is 0 Å². The molecule has 0 saturated heterocycles. The van der Waals surface area contributed by atoms with Crippen LogP contribution < -0.4 is 0 Å². The Labute approximate surface area is 124 Å². The molecule has 0 heterocycles. The average Bonchev–Trinajstić information content (AvgIpc) is 2.43. The van der Waals surface area contributed by atoms with Gasteiger partial charge in [-0.2, -0.15) is 0 Å². The van der Waals surface area contributed by atoms with Crippen molar-refractivity contribution in [2.75, 3.05) is 27.2 Å². The van der Waals surface area contributed by atoms with Crippen molar-refractivity contribution >= 4 is 5.78 Å². The van der Waals surface area contributed by atoms with Crippen LogP contribution in [0.1, 0.15) is 49.9 Å². The lowest BCUT2D eigenvalue weighted by Crippen LogP contribution is -2.47. The van der Waals surface area contributed by atoms with Gasteiger partial charge in [0.25, 0.3) is 0 Å². The fraction of sp³-hybridized carbons (Fsp3) is 0.611. The molecule has 1 aromatic rings.